The first-order valence-corrected chi connectivity index (χ1v) is 22.2. The minimum absolute atomic E-state index is 0. The second kappa shape index (κ2) is 24.0. The first-order valence-electron chi connectivity index (χ1n) is 21.1. The molecule has 2 aliphatic carbocycles. The van der Waals surface area contributed by atoms with Gasteiger partial charge in [-0.3, -0.25) is 14.7 Å². The Labute approximate surface area is 358 Å². The van der Waals surface area contributed by atoms with Crippen LogP contribution in [0.4, 0.5) is 26.3 Å². The van der Waals surface area contributed by atoms with Crippen molar-refractivity contribution in [2.75, 3.05) is 65.4 Å². The highest BCUT2D eigenvalue weighted by Gasteiger charge is 2.38. The number of nitrogens with one attached hydrogen (secondary N) is 1. The van der Waals surface area contributed by atoms with Gasteiger partial charge in [0, 0.05) is 48.1 Å². The number of alkyl halides is 7. The van der Waals surface area contributed by atoms with Gasteiger partial charge in [-0.1, -0.05) is 78.7 Å². The maximum Gasteiger partial charge on any atom is 0.419 e. The molecule has 0 unspecified atom stereocenters. The number of hydrogen-bond acceptors (Lipinski definition) is 6. The summed E-state index contributed by atoms with van der Waals surface area (Å²) in [5.41, 5.74) is -0.744. The predicted molar refractivity (Wildman–Crippen MR) is 229 cm³/mol. The zero-order chi connectivity index (χ0) is 41.5. The number of rotatable bonds is 11. The predicted octanol–water partition coefficient (Wildman–Crippen LogP) is 11.5. The number of nitrogens with zero attached hydrogens (tertiary/aromatic N) is 3. The van der Waals surface area contributed by atoms with E-state index in [1.165, 1.54) is 120 Å². The monoisotopic (exact) mass is 912 g/mol. The molecule has 2 saturated carbocycles. The molecule has 14 heteroatoms. The van der Waals surface area contributed by atoms with E-state index in [1.807, 2.05) is 0 Å². The van der Waals surface area contributed by atoms with Crippen LogP contribution in [0.5, 0.6) is 11.5 Å². The van der Waals surface area contributed by atoms with Crippen LogP contribution in [0.25, 0.3) is 0 Å². The van der Waals surface area contributed by atoms with Gasteiger partial charge in [0.15, 0.2) is 0 Å². The number of para-hydroxylation sites is 2. The summed E-state index contributed by atoms with van der Waals surface area (Å²) >= 11 is 3.08. The molecule has 0 radical (unpaired) electrons. The van der Waals surface area contributed by atoms with Gasteiger partial charge in [0.2, 0.25) is 0 Å². The fraction of sp³-hybridized carbons (Fsp3) is 0.727. The Bertz CT molecular complexity index is 1440. The van der Waals surface area contributed by atoms with Gasteiger partial charge in [0.05, 0.1) is 17.7 Å². The number of ether oxygens (including phenoxy) is 2. The van der Waals surface area contributed by atoms with E-state index in [1.54, 1.807) is 6.07 Å². The fourth-order valence-electron chi connectivity index (χ4n) is 8.83. The molecular formula is C44H68BrClF6N4O2. The molecule has 58 heavy (non-hydrogen) atoms. The molecule has 332 valence electrons. The Hall–Kier alpha value is -1.77. The van der Waals surface area contributed by atoms with Crippen molar-refractivity contribution < 1.29 is 35.8 Å². The molecule has 2 saturated heterocycles. The minimum Gasteiger partial charge on any atom is -0.492 e. The van der Waals surface area contributed by atoms with Gasteiger partial charge in [0.1, 0.15) is 18.1 Å². The quantitative estimate of drug-likeness (QED) is 0.179. The molecule has 0 bridgehead atoms. The van der Waals surface area contributed by atoms with Gasteiger partial charge < -0.3 is 14.8 Å². The molecule has 6 nitrogen and oxygen atoms in total. The number of likely N-dealkylation sites (tertiary alicyclic amines) is 1. The lowest BCUT2D eigenvalue weighted by molar-refractivity contribution is -0.139. The van der Waals surface area contributed by atoms with E-state index < -0.39 is 23.5 Å². The standard InChI is InChI=1S/C22H33F3N2O.C13H26N2.C9H8BrF3O.ClH/c1-21(26(2)18-8-4-3-5-9-18)12-14-27(15-13-21)16-17-28-20-11-7-6-10-19(20)22(23,24)25;1-13(8-10-14-11-9-13)15(2)12-6-4-3-5-7-12;10-5-6-14-8-4-2-1-3-7(8)9(11,12)13;/h6-7,10-11,18H,3-5,8-9,12-17H2,1-2H3;12,14H,3-11H2,1-2H3;1-4H,5-6H2;1H. The third-order valence-electron chi connectivity index (χ3n) is 12.9. The zero-order valence-electron chi connectivity index (χ0n) is 35.0. The van der Waals surface area contributed by atoms with Crippen molar-refractivity contribution in [2.24, 2.45) is 0 Å². The largest absolute Gasteiger partial charge is 0.492 e. The van der Waals surface area contributed by atoms with E-state index in [4.69, 9.17) is 9.47 Å². The first-order chi connectivity index (χ1) is 27.1. The zero-order valence-corrected chi connectivity index (χ0v) is 37.4. The molecule has 4 aliphatic rings. The maximum atomic E-state index is 13.0. The SMILES string of the molecule is CN(C1CCCCC1)C1(C)CCN(CCOc2ccccc2C(F)(F)F)CC1.CN(C1CCCCC1)C1(C)CCNCC1.Cl.FC(F)(F)c1ccccc1OCCBr. The van der Waals surface area contributed by atoms with E-state index in [9.17, 15) is 26.3 Å². The van der Waals surface area contributed by atoms with E-state index in [0.717, 1.165) is 44.1 Å². The van der Waals surface area contributed by atoms with Crippen LogP contribution in [-0.4, -0.2) is 103 Å². The Morgan fingerprint density at radius 2 is 1.05 bits per heavy atom. The first kappa shape index (κ1) is 50.6. The molecule has 2 aromatic rings. The second-order valence-corrected chi connectivity index (χ2v) is 17.6. The summed E-state index contributed by atoms with van der Waals surface area (Å²) in [5.74, 6) is -0.201. The number of halogens is 8. The lowest BCUT2D eigenvalue weighted by Crippen LogP contribution is -2.56. The number of piperidine rings is 2. The van der Waals surface area contributed by atoms with E-state index in [2.05, 4.69) is 63.9 Å². The second-order valence-electron chi connectivity index (χ2n) is 16.8. The normalized spacial score (nSPS) is 20.6. The van der Waals surface area contributed by atoms with Gasteiger partial charge >= 0.3 is 12.4 Å². The van der Waals surface area contributed by atoms with Crippen LogP contribution in [0.2, 0.25) is 0 Å². The van der Waals surface area contributed by atoms with Crippen LogP contribution in [0, 0.1) is 0 Å². The van der Waals surface area contributed by atoms with Crippen LogP contribution in [0.1, 0.15) is 115 Å². The molecule has 4 fully saturated rings. The third kappa shape index (κ3) is 15.3. The van der Waals surface area contributed by atoms with E-state index >= 15 is 0 Å². The minimum atomic E-state index is -4.38. The summed E-state index contributed by atoms with van der Waals surface area (Å²) in [4.78, 5) is 7.62. The Balaban J connectivity index is 0.000000254. The smallest absolute Gasteiger partial charge is 0.419 e. The molecule has 0 amide bonds. The summed E-state index contributed by atoms with van der Waals surface area (Å²) in [5, 5.41) is 3.97. The lowest BCUT2D eigenvalue weighted by Gasteiger charge is -2.49. The molecule has 0 spiro atoms. The van der Waals surface area contributed by atoms with Crippen LogP contribution >= 0.6 is 28.3 Å². The molecule has 0 aromatic heterocycles. The summed E-state index contributed by atoms with van der Waals surface area (Å²) < 4.78 is 86.7. The van der Waals surface area contributed by atoms with Crippen molar-refractivity contribution in [3.63, 3.8) is 0 Å². The number of hydrogen-bond donors (Lipinski definition) is 1. The third-order valence-corrected chi connectivity index (χ3v) is 13.3. The highest BCUT2D eigenvalue weighted by molar-refractivity contribution is 9.09. The Morgan fingerprint density at radius 3 is 1.47 bits per heavy atom. The van der Waals surface area contributed by atoms with Crippen molar-refractivity contribution in [3.8, 4) is 11.5 Å². The molecule has 2 aromatic carbocycles. The summed E-state index contributed by atoms with van der Waals surface area (Å²) in [6, 6.07) is 12.2. The molecule has 2 aliphatic heterocycles. The van der Waals surface area contributed by atoms with Crippen molar-refractivity contribution >= 4 is 28.3 Å². The van der Waals surface area contributed by atoms with Gasteiger partial charge in [-0.05, 0) is 117 Å². The summed E-state index contributed by atoms with van der Waals surface area (Å²) in [7, 11) is 4.64. The topological polar surface area (TPSA) is 40.2 Å². The van der Waals surface area contributed by atoms with Crippen LogP contribution in [0.15, 0.2) is 48.5 Å². The maximum absolute atomic E-state index is 13.0. The highest BCUT2D eigenvalue weighted by Crippen LogP contribution is 2.38. The lowest BCUT2D eigenvalue weighted by atomic mass is 9.84. The average molecular weight is 914 g/mol. The molecule has 2 heterocycles. The highest BCUT2D eigenvalue weighted by atomic mass is 79.9. The van der Waals surface area contributed by atoms with Crippen molar-refractivity contribution in [1.29, 1.82) is 0 Å². The van der Waals surface area contributed by atoms with Crippen LogP contribution in [-0.2, 0) is 12.4 Å². The van der Waals surface area contributed by atoms with Crippen molar-refractivity contribution in [1.82, 2.24) is 20.0 Å². The van der Waals surface area contributed by atoms with Crippen molar-refractivity contribution in [2.45, 2.75) is 139 Å². The summed E-state index contributed by atoms with van der Waals surface area (Å²) in [6.45, 7) is 10.3. The molecular weight excluding hydrogens is 846 g/mol. The molecule has 6 rings (SSSR count). The van der Waals surface area contributed by atoms with Crippen LogP contribution in [0.3, 0.4) is 0 Å². The molecule has 1 N–H and O–H groups in total. The summed E-state index contributed by atoms with van der Waals surface area (Å²) in [6.07, 6.45) is 9.97. The van der Waals surface area contributed by atoms with Crippen molar-refractivity contribution in [3.05, 3.63) is 59.7 Å². The number of benzene rings is 2. The fourth-order valence-corrected chi connectivity index (χ4v) is 9.00. The van der Waals surface area contributed by atoms with Gasteiger partial charge in [-0.2, -0.15) is 26.3 Å². The van der Waals surface area contributed by atoms with E-state index in [0.29, 0.717) is 23.5 Å². The average Bonchev–Trinajstić information content (AvgIpc) is 3.21. The van der Waals surface area contributed by atoms with Gasteiger partial charge in [0.25, 0.3) is 0 Å². The Morgan fingerprint density at radius 1 is 0.655 bits per heavy atom. The van der Waals surface area contributed by atoms with Crippen LogP contribution < -0.4 is 14.8 Å². The van der Waals surface area contributed by atoms with E-state index in [-0.39, 0.29) is 42.7 Å². The molecule has 0 atom stereocenters. The Kier molecular flexibility index (Phi) is 21.0. The van der Waals surface area contributed by atoms with Gasteiger partial charge in [-0.25, -0.2) is 0 Å². The van der Waals surface area contributed by atoms with Gasteiger partial charge in [-0.15, -0.1) is 12.4 Å².